The zero-order chi connectivity index (χ0) is 15.3. The number of allylic oxidation sites excluding steroid dienone is 2. The fourth-order valence-electron chi connectivity index (χ4n) is 3.87. The maximum absolute atomic E-state index is 12.6. The van der Waals surface area contributed by atoms with Crippen molar-refractivity contribution in [2.75, 3.05) is 0 Å². The average Bonchev–Trinajstić information content (AvgIpc) is 2.82. The van der Waals surface area contributed by atoms with E-state index in [0.29, 0.717) is 0 Å². The highest BCUT2D eigenvalue weighted by atomic mass is 127. The lowest BCUT2D eigenvalue weighted by Gasteiger charge is -2.37. The van der Waals surface area contributed by atoms with E-state index < -0.39 is 0 Å². The molecule has 5 heteroatoms. The third kappa shape index (κ3) is 2.06. The van der Waals surface area contributed by atoms with Crippen LogP contribution in [0.25, 0.3) is 0 Å². The number of carbonyl (C=O) groups is 2. The molecule has 2 amide bonds. The van der Waals surface area contributed by atoms with Crippen LogP contribution in [0.2, 0.25) is 0 Å². The number of benzene rings is 1. The fourth-order valence-corrected chi connectivity index (χ4v) is 4.40. The number of amides is 2. The first-order valence-electron chi connectivity index (χ1n) is 7.51. The minimum Gasteiger partial charge on any atom is -0.272 e. The van der Waals surface area contributed by atoms with Gasteiger partial charge >= 0.3 is 0 Å². The largest absolute Gasteiger partial charge is 0.272 e. The molecule has 22 heavy (non-hydrogen) atoms. The van der Waals surface area contributed by atoms with Crippen molar-refractivity contribution in [3.8, 4) is 0 Å². The van der Waals surface area contributed by atoms with Gasteiger partial charge in [0.25, 0.3) is 11.8 Å². The van der Waals surface area contributed by atoms with Gasteiger partial charge in [-0.3, -0.25) is 9.59 Å². The molecule has 2 fully saturated rings. The van der Waals surface area contributed by atoms with E-state index in [1.807, 2.05) is 24.3 Å². The van der Waals surface area contributed by atoms with Gasteiger partial charge in [-0.15, -0.1) is 0 Å². The van der Waals surface area contributed by atoms with E-state index in [0.717, 1.165) is 27.0 Å². The van der Waals surface area contributed by atoms with Crippen LogP contribution in [-0.4, -0.2) is 23.0 Å². The number of hydrogen-bond acceptors (Lipinski definition) is 3. The molecule has 1 saturated carbocycles. The van der Waals surface area contributed by atoms with Crippen molar-refractivity contribution in [1.82, 2.24) is 5.01 Å². The molecule has 3 aliphatic carbocycles. The zero-order valence-corrected chi connectivity index (χ0v) is 14.0. The number of hydrogen-bond donors (Lipinski definition) is 0. The van der Waals surface area contributed by atoms with Gasteiger partial charge in [-0.25, -0.2) is 0 Å². The number of imide groups is 1. The molecule has 4 nitrogen and oxygen atoms in total. The van der Waals surface area contributed by atoms with E-state index in [-0.39, 0.29) is 35.5 Å². The Labute approximate surface area is 142 Å². The summed E-state index contributed by atoms with van der Waals surface area (Å²) in [5, 5.41) is 5.32. The smallest absolute Gasteiger partial charge is 0.254 e. The monoisotopic (exact) mass is 406 g/mol. The van der Waals surface area contributed by atoms with Gasteiger partial charge < -0.3 is 0 Å². The molecule has 0 spiro atoms. The summed E-state index contributed by atoms with van der Waals surface area (Å²) < 4.78 is 1.04. The molecule has 5 rings (SSSR count). The summed E-state index contributed by atoms with van der Waals surface area (Å²) >= 11 is 2.22. The van der Waals surface area contributed by atoms with Gasteiger partial charge in [-0.2, -0.15) is 10.1 Å². The molecule has 2 bridgehead atoms. The quantitative estimate of drug-likeness (QED) is 0.328. The standard InChI is InChI=1S/C17H15IN2O2/c18-13-4-2-1-3-12(13)9-19-20-16(21)14-10-5-6-11(8-7-10)15(14)17(20)22/h1-6,9-11,14-15H,7-8H2/b19-9-/t10-,11+,14+,15-. The van der Waals surface area contributed by atoms with Crippen LogP contribution in [0.1, 0.15) is 18.4 Å². The van der Waals surface area contributed by atoms with E-state index in [4.69, 9.17) is 0 Å². The number of rotatable bonds is 2. The lowest BCUT2D eigenvalue weighted by atomic mass is 9.63. The van der Waals surface area contributed by atoms with Gasteiger partial charge in [0, 0.05) is 9.13 Å². The minimum atomic E-state index is -0.191. The molecule has 1 saturated heterocycles. The molecule has 1 aromatic rings. The lowest BCUT2D eigenvalue weighted by Crippen LogP contribution is -2.38. The van der Waals surface area contributed by atoms with Crippen LogP contribution >= 0.6 is 22.6 Å². The van der Waals surface area contributed by atoms with Crippen molar-refractivity contribution in [1.29, 1.82) is 0 Å². The first-order chi connectivity index (χ1) is 10.7. The van der Waals surface area contributed by atoms with Gasteiger partial charge in [0.15, 0.2) is 0 Å². The van der Waals surface area contributed by atoms with Crippen LogP contribution in [0, 0.1) is 27.2 Å². The van der Waals surface area contributed by atoms with Crippen LogP contribution in [0.3, 0.4) is 0 Å². The van der Waals surface area contributed by atoms with Gasteiger partial charge in [-0.1, -0.05) is 30.4 Å². The molecular formula is C17H15IN2O2. The van der Waals surface area contributed by atoms with Crippen LogP contribution in [0.15, 0.2) is 41.5 Å². The maximum atomic E-state index is 12.6. The predicted octanol–water partition coefficient (Wildman–Crippen LogP) is 2.82. The number of halogens is 1. The first-order valence-corrected chi connectivity index (χ1v) is 8.59. The first kappa shape index (κ1) is 14.1. The van der Waals surface area contributed by atoms with E-state index in [2.05, 4.69) is 39.8 Å². The molecule has 1 heterocycles. The Morgan fingerprint density at radius 2 is 1.64 bits per heavy atom. The third-order valence-electron chi connectivity index (χ3n) is 4.95. The van der Waals surface area contributed by atoms with Gasteiger partial charge in [0.05, 0.1) is 18.1 Å². The Bertz CT molecular complexity index is 680. The molecule has 0 radical (unpaired) electrons. The van der Waals surface area contributed by atoms with Crippen LogP contribution in [0.5, 0.6) is 0 Å². The Balaban J connectivity index is 1.63. The Kier molecular flexibility index (Phi) is 3.40. The van der Waals surface area contributed by atoms with E-state index in [1.54, 1.807) is 6.21 Å². The van der Waals surface area contributed by atoms with Crippen LogP contribution < -0.4 is 0 Å². The fraction of sp³-hybridized carbons (Fsp3) is 0.353. The van der Waals surface area contributed by atoms with Gasteiger partial charge in [-0.05, 0) is 53.3 Å². The van der Waals surface area contributed by atoms with Crippen molar-refractivity contribution in [3.63, 3.8) is 0 Å². The van der Waals surface area contributed by atoms with Crippen molar-refractivity contribution in [3.05, 3.63) is 45.6 Å². The van der Waals surface area contributed by atoms with Gasteiger partial charge in [0.1, 0.15) is 0 Å². The van der Waals surface area contributed by atoms with Crippen molar-refractivity contribution >= 4 is 40.6 Å². The topological polar surface area (TPSA) is 49.7 Å². The highest BCUT2D eigenvalue weighted by molar-refractivity contribution is 14.1. The molecule has 1 aliphatic heterocycles. The Morgan fingerprint density at radius 1 is 1.05 bits per heavy atom. The Hall–Kier alpha value is -1.50. The van der Waals surface area contributed by atoms with Crippen molar-refractivity contribution < 1.29 is 9.59 Å². The van der Waals surface area contributed by atoms with E-state index in [9.17, 15) is 9.59 Å². The molecule has 0 unspecified atom stereocenters. The average molecular weight is 406 g/mol. The zero-order valence-electron chi connectivity index (χ0n) is 11.9. The number of carbonyl (C=O) groups excluding carboxylic acids is 2. The highest BCUT2D eigenvalue weighted by Crippen LogP contribution is 2.49. The summed E-state index contributed by atoms with van der Waals surface area (Å²) in [6.45, 7) is 0. The number of nitrogens with zero attached hydrogens (tertiary/aromatic N) is 2. The van der Waals surface area contributed by atoms with E-state index in [1.165, 1.54) is 0 Å². The van der Waals surface area contributed by atoms with Gasteiger partial charge in [0.2, 0.25) is 0 Å². The number of hydrazone groups is 1. The summed E-state index contributed by atoms with van der Waals surface area (Å²) in [5.74, 6) is -0.217. The molecule has 4 atom stereocenters. The molecule has 112 valence electrons. The lowest BCUT2D eigenvalue weighted by molar-refractivity contribution is -0.140. The van der Waals surface area contributed by atoms with Crippen LogP contribution in [0.4, 0.5) is 0 Å². The molecule has 4 aliphatic rings. The second kappa shape index (κ2) is 5.30. The summed E-state index contributed by atoms with van der Waals surface area (Å²) in [4.78, 5) is 25.2. The summed E-state index contributed by atoms with van der Waals surface area (Å²) in [6.07, 6.45) is 7.87. The highest BCUT2D eigenvalue weighted by Gasteiger charge is 2.56. The molecule has 0 aromatic heterocycles. The van der Waals surface area contributed by atoms with Crippen molar-refractivity contribution in [2.24, 2.45) is 28.8 Å². The predicted molar refractivity (Wildman–Crippen MR) is 90.9 cm³/mol. The number of fused-ring (bicyclic) bond motifs is 1. The molecule has 1 aromatic carbocycles. The van der Waals surface area contributed by atoms with Crippen molar-refractivity contribution in [2.45, 2.75) is 12.8 Å². The Morgan fingerprint density at radius 3 is 2.18 bits per heavy atom. The second-order valence-corrected chi connectivity index (χ2v) is 7.26. The van der Waals surface area contributed by atoms with E-state index >= 15 is 0 Å². The summed E-state index contributed by atoms with van der Waals surface area (Å²) in [7, 11) is 0. The maximum Gasteiger partial charge on any atom is 0.254 e. The SMILES string of the molecule is O=C1[C@@H]2[C@H](C(=O)N1/N=C\c1ccccc1I)[C@H]1C=C[C@@H]2CC1. The molecular weight excluding hydrogens is 391 g/mol. The minimum absolute atomic E-state index is 0.128. The molecule has 0 N–H and O–H groups in total. The summed E-state index contributed by atoms with van der Waals surface area (Å²) in [5.41, 5.74) is 0.916. The second-order valence-electron chi connectivity index (χ2n) is 6.10. The third-order valence-corrected chi connectivity index (χ3v) is 5.94. The summed E-state index contributed by atoms with van der Waals surface area (Å²) in [6, 6.07) is 7.76. The normalized spacial score (nSPS) is 33.0. The van der Waals surface area contributed by atoms with Crippen LogP contribution in [-0.2, 0) is 9.59 Å².